The first kappa shape index (κ1) is 65.3. The van der Waals surface area contributed by atoms with Crippen LogP contribution in [0.15, 0.2) is 60.8 Å². The van der Waals surface area contributed by atoms with Gasteiger partial charge in [0.05, 0.1) is 19.8 Å². The molecule has 0 amide bonds. The van der Waals surface area contributed by atoms with Crippen molar-refractivity contribution < 1.29 is 73.8 Å². The minimum atomic E-state index is -1.77. The third-order valence-electron chi connectivity index (χ3n) is 13.0. The molecule has 2 rings (SSSR count). The maximum atomic E-state index is 13.0. The monoisotopic (exact) mass is 1020 g/mol. The Morgan fingerprint density at radius 2 is 0.931 bits per heavy atom. The van der Waals surface area contributed by atoms with E-state index in [0.717, 1.165) is 77.0 Å². The second-order valence-electron chi connectivity index (χ2n) is 19.4. The highest BCUT2D eigenvalue weighted by Crippen LogP contribution is 2.26. The number of esters is 2. The van der Waals surface area contributed by atoms with Crippen LogP contribution in [0.4, 0.5) is 0 Å². The number of unbranched alkanes of at least 4 members (excludes halogenated alkanes) is 21. The van der Waals surface area contributed by atoms with Crippen LogP contribution in [-0.2, 0) is 38.0 Å². The predicted molar refractivity (Wildman–Crippen MR) is 280 cm³/mol. The average Bonchev–Trinajstić information content (AvgIpc) is 3.37. The van der Waals surface area contributed by atoms with Gasteiger partial charge in [-0.1, -0.05) is 177 Å². The second-order valence-corrected chi connectivity index (χ2v) is 19.4. The number of carbonyl (C=O) groups excluding carboxylic acids is 2. The Hall–Kier alpha value is -2.80. The first-order chi connectivity index (χ1) is 35.0. The molecule has 7 N–H and O–H groups in total. The fraction of sp³-hybridized carbons (Fsp3) is 0.789. The summed E-state index contributed by atoms with van der Waals surface area (Å²) in [5, 5.41) is 72.2. The number of rotatable bonds is 43. The highest BCUT2D eigenvalue weighted by atomic mass is 16.7. The van der Waals surface area contributed by atoms with Crippen LogP contribution < -0.4 is 0 Å². The number of hydrogen-bond acceptors (Lipinski definition) is 15. The molecule has 2 aliphatic rings. The summed E-state index contributed by atoms with van der Waals surface area (Å²) in [7, 11) is 0. The Bertz CT molecular complexity index is 1480. The third kappa shape index (κ3) is 30.5. The van der Waals surface area contributed by atoms with Crippen molar-refractivity contribution in [3.8, 4) is 0 Å². The topological polar surface area (TPSA) is 231 Å². The van der Waals surface area contributed by atoms with Crippen LogP contribution >= 0.6 is 0 Å². The number of aliphatic hydroxyl groups is 7. The standard InChI is InChI=1S/C57H98O15/c1-3-5-7-9-11-13-15-17-18-19-20-21-22-23-24-25-26-28-29-31-33-35-37-39-48(59)67-42-45(70-49(60)40-38-36-34-32-30-27-16-14-12-10-8-6-4-2)43-68-56-55(66)53(64)51(62)47(72-56)44-69-57-54(65)52(63)50(61)46(41-58)71-57/h6,8,10,12,14,16,20-21,23-24,45-47,50-58,61-66H,3-5,7,9,11,13,15,17-19,22,25-44H2,1-2H3/b8-6+,12-10+,16-14+,21-20+,24-23+/t45?,46-,47-,50+,51+,52?,53?,54?,55?,56-,57-/m1/s1. The molecule has 0 bridgehead atoms. The zero-order valence-corrected chi connectivity index (χ0v) is 44.1. The van der Waals surface area contributed by atoms with Crippen molar-refractivity contribution in [2.75, 3.05) is 26.4 Å². The van der Waals surface area contributed by atoms with Gasteiger partial charge in [-0.15, -0.1) is 0 Å². The number of carbonyl (C=O) groups is 2. The van der Waals surface area contributed by atoms with Crippen molar-refractivity contribution in [1.29, 1.82) is 0 Å². The van der Waals surface area contributed by atoms with Crippen LogP contribution in [0.1, 0.15) is 194 Å². The van der Waals surface area contributed by atoms with E-state index in [2.05, 4.69) is 50.3 Å². The van der Waals surface area contributed by atoms with Gasteiger partial charge in [0, 0.05) is 12.8 Å². The van der Waals surface area contributed by atoms with Crippen LogP contribution in [-0.4, -0.2) is 142 Å². The Morgan fingerprint density at radius 3 is 1.47 bits per heavy atom. The molecular weight excluding hydrogens is 925 g/mol. The van der Waals surface area contributed by atoms with E-state index in [9.17, 15) is 45.3 Å². The average molecular weight is 1020 g/mol. The molecule has 0 spiro atoms. The molecule has 0 aromatic heterocycles. The number of ether oxygens (including phenoxy) is 6. The number of hydrogen-bond donors (Lipinski definition) is 7. The SMILES string of the molecule is CC/C=C/C=C/C=C/CCCCCCCC(=O)OC(COC(=O)CCCCCCCCC/C=C/C/C=C/CCCCCCCCCCC)CO[C@@H]1O[C@H](CO[C@@H]2O[C@H](CO)[C@H](O)C(O)C2O)[C@H](O)C(O)C1O. The smallest absolute Gasteiger partial charge is 0.306 e. The highest BCUT2D eigenvalue weighted by Gasteiger charge is 2.47. The molecule has 0 saturated carbocycles. The van der Waals surface area contributed by atoms with E-state index < -0.39 is 99.3 Å². The van der Waals surface area contributed by atoms with E-state index in [-0.39, 0.29) is 19.4 Å². The van der Waals surface area contributed by atoms with Crippen molar-refractivity contribution in [2.45, 2.75) is 261 Å². The first-order valence-electron chi connectivity index (χ1n) is 27.9. The normalized spacial score (nSPS) is 25.5. The van der Waals surface area contributed by atoms with Gasteiger partial charge >= 0.3 is 11.9 Å². The molecule has 0 aliphatic carbocycles. The molecule has 2 heterocycles. The fourth-order valence-electron chi connectivity index (χ4n) is 8.48. The lowest BCUT2D eigenvalue weighted by molar-refractivity contribution is -0.332. The van der Waals surface area contributed by atoms with Crippen molar-refractivity contribution in [3.05, 3.63) is 60.8 Å². The summed E-state index contributed by atoms with van der Waals surface area (Å²) in [5.41, 5.74) is 0. The van der Waals surface area contributed by atoms with Gasteiger partial charge in [0.25, 0.3) is 0 Å². The van der Waals surface area contributed by atoms with Crippen LogP contribution in [0.2, 0.25) is 0 Å². The Balaban J connectivity index is 1.75. The minimum absolute atomic E-state index is 0.138. The maximum Gasteiger partial charge on any atom is 0.306 e. The van der Waals surface area contributed by atoms with Gasteiger partial charge in [-0.05, 0) is 64.2 Å². The molecule has 0 aromatic carbocycles. The molecule has 416 valence electrons. The Morgan fingerprint density at radius 1 is 0.472 bits per heavy atom. The van der Waals surface area contributed by atoms with Gasteiger partial charge in [-0.2, -0.15) is 0 Å². The quantitative estimate of drug-likeness (QED) is 0.0131. The second kappa shape index (κ2) is 43.4. The fourth-order valence-corrected chi connectivity index (χ4v) is 8.48. The molecular formula is C57H98O15. The van der Waals surface area contributed by atoms with E-state index >= 15 is 0 Å². The zero-order chi connectivity index (χ0) is 52.4. The summed E-state index contributed by atoms with van der Waals surface area (Å²) in [6, 6.07) is 0. The molecule has 2 saturated heterocycles. The number of aliphatic hydroxyl groups excluding tert-OH is 7. The lowest BCUT2D eigenvalue weighted by Gasteiger charge is -2.42. The summed E-state index contributed by atoms with van der Waals surface area (Å²) < 4.78 is 33.6. The molecule has 0 aromatic rings. The minimum Gasteiger partial charge on any atom is -0.462 e. The summed E-state index contributed by atoms with van der Waals surface area (Å²) in [4.78, 5) is 25.8. The molecule has 15 nitrogen and oxygen atoms in total. The van der Waals surface area contributed by atoms with Gasteiger partial charge < -0.3 is 64.2 Å². The van der Waals surface area contributed by atoms with E-state index in [1.807, 2.05) is 24.3 Å². The van der Waals surface area contributed by atoms with Gasteiger partial charge in [-0.25, -0.2) is 0 Å². The van der Waals surface area contributed by atoms with E-state index in [4.69, 9.17) is 28.4 Å². The maximum absolute atomic E-state index is 13.0. The molecule has 2 fully saturated rings. The summed E-state index contributed by atoms with van der Waals surface area (Å²) in [5.74, 6) is -0.959. The van der Waals surface area contributed by atoms with Crippen LogP contribution in [0, 0.1) is 0 Å². The van der Waals surface area contributed by atoms with Gasteiger partial charge in [0.15, 0.2) is 18.7 Å². The van der Waals surface area contributed by atoms with Crippen molar-refractivity contribution >= 4 is 11.9 Å². The zero-order valence-electron chi connectivity index (χ0n) is 44.1. The van der Waals surface area contributed by atoms with Crippen LogP contribution in [0.25, 0.3) is 0 Å². The van der Waals surface area contributed by atoms with Crippen molar-refractivity contribution in [1.82, 2.24) is 0 Å². The van der Waals surface area contributed by atoms with Crippen LogP contribution in [0.5, 0.6) is 0 Å². The molecule has 2 aliphatic heterocycles. The summed E-state index contributed by atoms with van der Waals surface area (Å²) in [6.07, 6.45) is 34.0. The first-order valence-corrected chi connectivity index (χ1v) is 27.9. The molecule has 15 heteroatoms. The molecule has 5 unspecified atom stereocenters. The van der Waals surface area contributed by atoms with E-state index in [0.29, 0.717) is 12.8 Å². The largest absolute Gasteiger partial charge is 0.462 e. The van der Waals surface area contributed by atoms with Gasteiger partial charge in [-0.3, -0.25) is 9.59 Å². The Kier molecular flexibility index (Phi) is 39.4. The molecule has 0 radical (unpaired) electrons. The lowest BCUT2D eigenvalue weighted by Crippen LogP contribution is -2.61. The molecule has 72 heavy (non-hydrogen) atoms. The molecule has 11 atom stereocenters. The Labute approximate surface area is 432 Å². The highest BCUT2D eigenvalue weighted by molar-refractivity contribution is 5.70. The number of allylic oxidation sites excluding steroid dienone is 10. The summed E-state index contributed by atoms with van der Waals surface area (Å²) >= 11 is 0. The van der Waals surface area contributed by atoms with E-state index in [1.165, 1.54) is 77.0 Å². The third-order valence-corrected chi connectivity index (χ3v) is 13.0. The lowest BCUT2D eigenvalue weighted by atomic mass is 9.98. The van der Waals surface area contributed by atoms with Gasteiger partial charge in [0.2, 0.25) is 0 Å². The van der Waals surface area contributed by atoms with Crippen molar-refractivity contribution in [2.24, 2.45) is 0 Å². The van der Waals surface area contributed by atoms with Crippen molar-refractivity contribution in [3.63, 3.8) is 0 Å². The van der Waals surface area contributed by atoms with Crippen LogP contribution in [0.3, 0.4) is 0 Å². The van der Waals surface area contributed by atoms with Gasteiger partial charge in [0.1, 0.15) is 55.4 Å². The van der Waals surface area contributed by atoms with E-state index in [1.54, 1.807) is 0 Å². The summed E-state index contributed by atoms with van der Waals surface area (Å²) in [6.45, 7) is 2.43. The predicted octanol–water partition coefficient (Wildman–Crippen LogP) is 8.83.